The third-order valence-electron chi connectivity index (χ3n) is 3.70. The predicted molar refractivity (Wildman–Crippen MR) is 86.8 cm³/mol. The van der Waals surface area contributed by atoms with Gasteiger partial charge in [-0.15, -0.1) is 0 Å². The molecule has 0 aliphatic heterocycles. The summed E-state index contributed by atoms with van der Waals surface area (Å²) in [5, 5.41) is 4.53. The molecule has 2 rings (SSSR count). The summed E-state index contributed by atoms with van der Waals surface area (Å²) in [6, 6.07) is 8.43. The van der Waals surface area contributed by atoms with Crippen LogP contribution in [0, 0.1) is 6.92 Å². The molecule has 108 valence electrons. The van der Waals surface area contributed by atoms with Gasteiger partial charge in [0, 0.05) is 19.0 Å². The van der Waals surface area contributed by atoms with Crippen molar-refractivity contribution >= 4 is 15.9 Å². The molecule has 0 saturated carbocycles. The Morgan fingerprint density at radius 2 is 2.00 bits per heavy atom. The number of aryl methyl sites for hydroxylation is 3. The maximum atomic E-state index is 6.44. The van der Waals surface area contributed by atoms with Crippen molar-refractivity contribution < 1.29 is 0 Å². The number of benzene rings is 1. The molecule has 1 heterocycles. The van der Waals surface area contributed by atoms with Crippen molar-refractivity contribution in [2.45, 2.75) is 46.2 Å². The predicted octanol–water partition coefficient (Wildman–Crippen LogP) is 3.78. The third-order valence-corrected chi connectivity index (χ3v) is 4.73. The monoisotopic (exact) mass is 335 g/mol. The van der Waals surface area contributed by atoms with Crippen molar-refractivity contribution in [3.8, 4) is 0 Å². The van der Waals surface area contributed by atoms with E-state index in [0.29, 0.717) is 0 Å². The minimum absolute atomic E-state index is 0.00356. The number of nitrogens with zero attached hydrogens (tertiary/aromatic N) is 2. The van der Waals surface area contributed by atoms with E-state index in [4.69, 9.17) is 5.73 Å². The van der Waals surface area contributed by atoms with Gasteiger partial charge in [0.15, 0.2) is 0 Å². The lowest BCUT2D eigenvalue weighted by atomic mass is 9.96. The van der Waals surface area contributed by atoms with Gasteiger partial charge in [0.25, 0.3) is 0 Å². The molecule has 1 atom stereocenters. The summed E-state index contributed by atoms with van der Waals surface area (Å²) in [6.07, 6.45) is 1.81. The minimum Gasteiger partial charge on any atom is -0.324 e. The van der Waals surface area contributed by atoms with Crippen molar-refractivity contribution in [3.63, 3.8) is 0 Å². The second-order valence-corrected chi connectivity index (χ2v) is 5.82. The Balaban J connectivity index is 2.30. The Hall–Kier alpha value is -1.13. The SMILES string of the molecule is CCc1ccccc1C(N)Cc1c(Br)c(C)nn1CC. The van der Waals surface area contributed by atoms with Crippen molar-refractivity contribution in [1.29, 1.82) is 0 Å². The normalized spacial score (nSPS) is 12.7. The van der Waals surface area contributed by atoms with E-state index in [0.717, 1.165) is 29.6 Å². The van der Waals surface area contributed by atoms with Crippen molar-refractivity contribution in [3.05, 3.63) is 51.3 Å². The van der Waals surface area contributed by atoms with E-state index in [1.165, 1.54) is 16.8 Å². The number of hydrogen-bond donors (Lipinski definition) is 1. The van der Waals surface area contributed by atoms with Crippen LogP contribution >= 0.6 is 15.9 Å². The fraction of sp³-hybridized carbons (Fsp3) is 0.438. The second-order valence-electron chi connectivity index (χ2n) is 5.02. The highest BCUT2D eigenvalue weighted by Gasteiger charge is 2.17. The average molecular weight is 336 g/mol. The van der Waals surface area contributed by atoms with Crippen molar-refractivity contribution in [2.75, 3.05) is 0 Å². The second kappa shape index (κ2) is 6.55. The molecule has 0 bridgehead atoms. The van der Waals surface area contributed by atoms with E-state index in [1.807, 2.05) is 11.6 Å². The highest BCUT2D eigenvalue weighted by Crippen LogP contribution is 2.27. The molecule has 0 fully saturated rings. The van der Waals surface area contributed by atoms with Crippen LogP contribution in [-0.2, 0) is 19.4 Å². The van der Waals surface area contributed by atoms with Crippen LogP contribution in [0.5, 0.6) is 0 Å². The first kappa shape index (κ1) is 15.3. The molecule has 1 aromatic heterocycles. The molecule has 0 amide bonds. The largest absolute Gasteiger partial charge is 0.324 e. The van der Waals surface area contributed by atoms with Gasteiger partial charge >= 0.3 is 0 Å². The minimum atomic E-state index is 0.00356. The molecule has 0 spiro atoms. The molecule has 4 heteroatoms. The first-order chi connectivity index (χ1) is 9.58. The lowest BCUT2D eigenvalue weighted by Crippen LogP contribution is -2.18. The van der Waals surface area contributed by atoms with Crippen LogP contribution in [0.4, 0.5) is 0 Å². The Kier molecular flexibility index (Phi) is 5.00. The summed E-state index contributed by atoms with van der Waals surface area (Å²) in [6.45, 7) is 7.16. The number of rotatable bonds is 5. The average Bonchev–Trinajstić information content (AvgIpc) is 2.74. The van der Waals surface area contributed by atoms with Gasteiger partial charge in [0.2, 0.25) is 0 Å². The number of hydrogen-bond acceptors (Lipinski definition) is 2. The maximum absolute atomic E-state index is 6.44. The van der Waals surface area contributed by atoms with E-state index in [1.54, 1.807) is 0 Å². The zero-order chi connectivity index (χ0) is 14.7. The van der Waals surface area contributed by atoms with E-state index in [2.05, 4.69) is 59.1 Å². The van der Waals surface area contributed by atoms with Crippen LogP contribution in [0.25, 0.3) is 0 Å². The van der Waals surface area contributed by atoms with Gasteiger partial charge < -0.3 is 5.73 Å². The third kappa shape index (κ3) is 2.96. The summed E-state index contributed by atoms with van der Waals surface area (Å²) in [7, 11) is 0. The molecule has 2 aromatic rings. The molecule has 1 aromatic carbocycles. The van der Waals surface area contributed by atoms with Crippen molar-refractivity contribution in [1.82, 2.24) is 9.78 Å². The van der Waals surface area contributed by atoms with Crippen LogP contribution in [-0.4, -0.2) is 9.78 Å². The summed E-state index contributed by atoms with van der Waals surface area (Å²) >= 11 is 3.64. The topological polar surface area (TPSA) is 43.8 Å². The summed E-state index contributed by atoms with van der Waals surface area (Å²) in [5.74, 6) is 0. The fourth-order valence-electron chi connectivity index (χ4n) is 2.60. The van der Waals surface area contributed by atoms with Gasteiger partial charge in [-0.2, -0.15) is 5.10 Å². The number of halogens is 1. The maximum Gasteiger partial charge on any atom is 0.0738 e. The van der Waals surface area contributed by atoms with E-state index < -0.39 is 0 Å². The molecular formula is C16H22BrN3. The molecule has 0 saturated heterocycles. The van der Waals surface area contributed by atoms with Gasteiger partial charge in [-0.3, -0.25) is 4.68 Å². The smallest absolute Gasteiger partial charge is 0.0738 e. The highest BCUT2D eigenvalue weighted by atomic mass is 79.9. The summed E-state index contributed by atoms with van der Waals surface area (Å²) in [5.41, 5.74) is 11.2. The van der Waals surface area contributed by atoms with Gasteiger partial charge in [-0.1, -0.05) is 31.2 Å². The molecule has 0 aliphatic rings. The van der Waals surface area contributed by atoms with Gasteiger partial charge in [0.1, 0.15) is 0 Å². The van der Waals surface area contributed by atoms with Gasteiger partial charge in [0.05, 0.1) is 15.9 Å². The van der Waals surface area contributed by atoms with Gasteiger partial charge in [-0.25, -0.2) is 0 Å². The van der Waals surface area contributed by atoms with Gasteiger partial charge in [-0.05, 0) is 47.3 Å². The molecule has 2 N–H and O–H groups in total. The lowest BCUT2D eigenvalue weighted by molar-refractivity contribution is 0.585. The molecule has 20 heavy (non-hydrogen) atoms. The zero-order valence-electron chi connectivity index (χ0n) is 12.4. The molecule has 1 unspecified atom stereocenters. The molecule has 3 nitrogen and oxygen atoms in total. The van der Waals surface area contributed by atoms with E-state index in [9.17, 15) is 0 Å². The Morgan fingerprint density at radius 1 is 1.30 bits per heavy atom. The molecule has 0 radical (unpaired) electrons. The van der Waals surface area contributed by atoms with Crippen LogP contribution in [0.1, 0.15) is 42.4 Å². The Bertz CT molecular complexity index is 589. The van der Waals surface area contributed by atoms with Crippen LogP contribution in [0.15, 0.2) is 28.7 Å². The lowest BCUT2D eigenvalue weighted by Gasteiger charge is -2.17. The highest BCUT2D eigenvalue weighted by molar-refractivity contribution is 9.10. The fourth-order valence-corrected chi connectivity index (χ4v) is 3.05. The number of aromatic nitrogens is 2. The molecular weight excluding hydrogens is 314 g/mol. The number of nitrogens with two attached hydrogens (primary N) is 1. The van der Waals surface area contributed by atoms with Crippen molar-refractivity contribution in [2.24, 2.45) is 5.73 Å². The first-order valence-electron chi connectivity index (χ1n) is 7.13. The quantitative estimate of drug-likeness (QED) is 0.903. The Labute approximate surface area is 129 Å². The molecule has 0 aliphatic carbocycles. The Morgan fingerprint density at radius 3 is 2.65 bits per heavy atom. The van der Waals surface area contributed by atoms with Crippen LogP contribution < -0.4 is 5.73 Å². The van der Waals surface area contributed by atoms with E-state index in [-0.39, 0.29) is 6.04 Å². The van der Waals surface area contributed by atoms with Crippen LogP contribution in [0.2, 0.25) is 0 Å². The standard InChI is InChI=1S/C16H22BrN3/c1-4-12-8-6-7-9-13(12)14(18)10-15-16(17)11(3)19-20(15)5-2/h6-9,14H,4-5,10,18H2,1-3H3. The van der Waals surface area contributed by atoms with Crippen LogP contribution in [0.3, 0.4) is 0 Å². The van der Waals surface area contributed by atoms with E-state index >= 15 is 0 Å². The zero-order valence-corrected chi connectivity index (χ0v) is 13.9. The summed E-state index contributed by atoms with van der Waals surface area (Å²) < 4.78 is 3.12. The first-order valence-corrected chi connectivity index (χ1v) is 7.92. The summed E-state index contributed by atoms with van der Waals surface area (Å²) in [4.78, 5) is 0.